The Morgan fingerprint density at radius 1 is 1.14 bits per heavy atom. The predicted molar refractivity (Wildman–Crippen MR) is 155 cm³/mol. The van der Waals surface area contributed by atoms with Gasteiger partial charge in [0, 0.05) is 50.2 Å². The van der Waals surface area contributed by atoms with Gasteiger partial charge in [-0.05, 0) is 45.7 Å². The minimum Gasteiger partial charge on any atom is -0.349 e. The van der Waals surface area contributed by atoms with Crippen molar-refractivity contribution < 1.29 is 22.0 Å². The molecule has 2 amide bonds. The Morgan fingerprint density at radius 2 is 1.88 bits per heavy atom. The van der Waals surface area contributed by atoms with Crippen LogP contribution in [0.1, 0.15) is 45.0 Å². The lowest BCUT2D eigenvalue weighted by Crippen LogP contribution is -2.60. The first-order chi connectivity index (χ1) is 19.8. The van der Waals surface area contributed by atoms with Crippen LogP contribution >= 0.6 is 11.3 Å². The maximum absolute atomic E-state index is 13.5. The Bertz CT molecular complexity index is 1800. The molecule has 3 aromatic heterocycles. The summed E-state index contributed by atoms with van der Waals surface area (Å²) in [6.45, 7) is 6.78. The van der Waals surface area contributed by atoms with Crippen molar-refractivity contribution in [2.24, 2.45) is 0 Å². The molecule has 4 aromatic rings. The zero-order valence-electron chi connectivity index (χ0n) is 23.7. The summed E-state index contributed by atoms with van der Waals surface area (Å²) in [5, 5.41) is 8.62. The highest BCUT2D eigenvalue weighted by atomic mass is 32.2. The quantitative estimate of drug-likeness (QED) is 0.345. The van der Waals surface area contributed by atoms with Crippen LogP contribution in [0.4, 0.5) is 19.4 Å². The first-order valence-corrected chi connectivity index (χ1v) is 15.8. The van der Waals surface area contributed by atoms with E-state index in [2.05, 4.69) is 29.8 Å². The first-order valence-electron chi connectivity index (χ1n) is 13.5. The summed E-state index contributed by atoms with van der Waals surface area (Å²) in [4.78, 5) is 27.5. The molecule has 42 heavy (non-hydrogen) atoms. The number of aromatic nitrogens is 5. The SMILES string of the molecule is CC1CN(c2ncnc3c2c2ccc(S(=O)(=O)NC4(C)CC4)cc2n3-c2nnc(C(F)F)s2)C(C)CN1C(=O)N(C)C. The second-order valence-corrected chi connectivity index (χ2v) is 14.1. The fraction of sp³-hybridized carbons (Fsp3) is 0.500. The van der Waals surface area contributed by atoms with Crippen LogP contribution in [-0.2, 0) is 10.0 Å². The molecule has 2 aliphatic rings. The minimum absolute atomic E-state index is 0.0399. The van der Waals surface area contributed by atoms with E-state index in [1.807, 2.05) is 25.7 Å². The number of piperazine rings is 1. The summed E-state index contributed by atoms with van der Waals surface area (Å²) < 4.78 is 57.9. The molecule has 1 aromatic carbocycles. The van der Waals surface area contributed by atoms with Crippen LogP contribution < -0.4 is 9.62 Å². The average Bonchev–Trinajstić information content (AvgIpc) is 3.32. The zero-order chi connectivity index (χ0) is 30.1. The number of halogens is 2. The number of benzene rings is 1. The molecule has 2 atom stereocenters. The molecular formula is C26H31F2N9O3S2. The molecule has 0 bridgehead atoms. The fourth-order valence-electron chi connectivity index (χ4n) is 5.40. The standard InChI is InChI=1S/C26H31F2N9O3S2/c1-14-12-36(25(38)34(4)5)15(2)11-35(14)21-19-17-7-6-16(42(39,40)33-26(3)8-9-26)10-18(17)37(22(19)30-13-29-21)24-32-31-23(41-24)20(27)28/h6-7,10,13-15,20,33H,8-9,11-12H2,1-5H3. The van der Waals surface area contributed by atoms with E-state index in [1.165, 1.54) is 18.5 Å². The van der Waals surface area contributed by atoms with Gasteiger partial charge in [0.05, 0.1) is 15.8 Å². The molecular weight excluding hydrogens is 588 g/mol. The summed E-state index contributed by atoms with van der Waals surface area (Å²) in [6.07, 6.45) is 0.0827. The number of nitrogens with one attached hydrogen (secondary N) is 1. The van der Waals surface area contributed by atoms with Crippen molar-refractivity contribution in [1.29, 1.82) is 0 Å². The maximum Gasteiger partial charge on any atom is 0.319 e. The highest BCUT2D eigenvalue weighted by Crippen LogP contribution is 2.40. The third-order valence-corrected chi connectivity index (χ3v) is 10.4. The summed E-state index contributed by atoms with van der Waals surface area (Å²) in [5.41, 5.74) is 0.331. The molecule has 1 saturated carbocycles. The smallest absolute Gasteiger partial charge is 0.319 e. The summed E-state index contributed by atoms with van der Waals surface area (Å²) in [5.74, 6) is 0.595. The number of anilines is 1. The Labute approximate surface area is 245 Å². The van der Waals surface area contributed by atoms with Crippen molar-refractivity contribution in [3.8, 4) is 5.13 Å². The van der Waals surface area contributed by atoms with E-state index in [9.17, 15) is 22.0 Å². The molecule has 6 rings (SSSR count). The molecule has 2 unspecified atom stereocenters. The second kappa shape index (κ2) is 10.1. The van der Waals surface area contributed by atoms with Crippen LogP contribution in [0.2, 0.25) is 0 Å². The highest BCUT2D eigenvalue weighted by molar-refractivity contribution is 7.89. The lowest BCUT2D eigenvalue weighted by molar-refractivity contribution is 0.137. The number of hydrogen-bond donors (Lipinski definition) is 1. The fourth-order valence-corrected chi connectivity index (χ4v) is 7.60. The van der Waals surface area contributed by atoms with Crippen LogP contribution in [0.5, 0.6) is 0 Å². The highest BCUT2D eigenvalue weighted by Gasteiger charge is 2.41. The van der Waals surface area contributed by atoms with E-state index in [-0.39, 0.29) is 28.1 Å². The van der Waals surface area contributed by atoms with E-state index < -0.39 is 27.0 Å². The van der Waals surface area contributed by atoms with Crippen molar-refractivity contribution in [2.45, 2.75) is 62.6 Å². The van der Waals surface area contributed by atoms with Gasteiger partial charge in [-0.3, -0.25) is 4.57 Å². The van der Waals surface area contributed by atoms with Gasteiger partial charge >= 0.3 is 6.03 Å². The van der Waals surface area contributed by atoms with Gasteiger partial charge in [0.15, 0.2) is 10.7 Å². The molecule has 1 N–H and O–H groups in total. The minimum atomic E-state index is -3.86. The van der Waals surface area contributed by atoms with Gasteiger partial charge in [-0.2, -0.15) is 0 Å². The van der Waals surface area contributed by atoms with Crippen LogP contribution in [0.15, 0.2) is 29.4 Å². The molecule has 4 heterocycles. The molecule has 0 radical (unpaired) electrons. The van der Waals surface area contributed by atoms with Crippen molar-refractivity contribution in [1.82, 2.24) is 39.3 Å². The Morgan fingerprint density at radius 3 is 2.52 bits per heavy atom. The largest absolute Gasteiger partial charge is 0.349 e. The van der Waals surface area contributed by atoms with Gasteiger partial charge in [0.25, 0.3) is 6.43 Å². The molecule has 1 aliphatic heterocycles. The predicted octanol–water partition coefficient (Wildman–Crippen LogP) is 3.77. The van der Waals surface area contributed by atoms with Crippen LogP contribution in [0, 0.1) is 0 Å². The van der Waals surface area contributed by atoms with E-state index in [0.29, 0.717) is 52.2 Å². The van der Waals surface area contributed by atoms with Gasteiger partial charge in [0.1, 0.15) is 12.1 Å². The van der Waals surface area contributed by atoms with E-state index in [1.54, 1.807) is 29.6 Å². The number of carbonyl (C=O) groups is 1. The molecule has 0 spiro atoms. The number of sulfonamides is 1. The van der Waals surface area contributed by atoms with E-state index in [4.69, 9.17) is 0 Å². The van der Waals surface area contributed by atoms with Crippen LogP contribution in [0.3, 0.4) is 0 Å². The lowest BCUT2D eigenvalue weighted by atomic mass is 10.1. The lowest BCUT2D eigenvalue weighted by Gasteiger charge is -2.45. The van der Waals surface area contributed by atoms with Gasteiger partial charge in [-0.1, -0.05) is 17.4 Å². The van der Waals surface area contributed by atoms with Gasteiger partial charge < -0.3 is 14.7 Å². The number of carbonyl (C=O) groups excluding carboxylic acids is 1. The molecule has 16 heteroatoms. The van der Waals surface area contributed by atoms with E-state index >= 15 is 0 Å². The second-order valence-electron chi connectivity index (χ2n) is 11.5. The Hall–Kier alpha value is -3.50. The average molecular weight is 620 g/mol. The van der Waals surface area contributed by atoms with Gasteiger partial charge in [-0.15, -0.1) is 10.2 Å². The first kappa shape index (κ1) is 28.6. The summed E-state index contributed by atoms with van der Waals surface area (Å²) in [6, 6.07) is 4.42. The van der Waals surface area contributed by atoms with Crippen LogP contribution in [-0.4, -0.2) is 93.8 Å². The number of hydrogen-bond acceptors (Lipinski definition) is 9. The summed E-state index contributed by atoms with van der Waals surface area (Å²) in [7, 11) is -0.425. The topological polar surface area (TPSA) is 129 Å². The van der Waals surface area contributed by atoms with Crippen molar-refractivity contribution >= 4 is 55.1 Å². The zero-order valence-corrected chi connectivity index (χ0v) is 25.4. The summed E-state index contributed by atoms with van der Waals surface area (Å²) >= 11 is 0.713. The van der Waals surface area contributed by atoms with Crippen LogP contribution in [0.25, 0.3) is 27.1 Å². The third kappa shape index (κ3) is 4.84. The van der Waals surface area contributed by atoms with Crippen molar-refractivity contribution in [2.75, 3.05) is 32.1 Å². The monoisotopic (exact) mass is 619 g/mol. The molecule has 2 fully saturated rings. The third-order valence-electron chi connectivity index (χ3n) is 7.88. The van der Waals surface area contributed by atoms with Crippen molar-refractivity contribution in [3.05, 3.63) is 29.5 Å². The van der Waals surface area contributed by atoms with Gasteiger partial charge in [-0.25, -0.2) is 36.7 Å². The number of nitrogens with zero attached hydrogens (tertiary/aromatic N) is 8. The Balaban J connectivity index is 1.53. The number of alkyl halides is 2. The number of fused-ring (bicyclic) bond motifs is 3. The molecule has 12 nitrogen and oxygen atoms in total. The molecule has 1 aliphatic carbocycles. The maximum atomic E-state index is 13.5. The number of amides is 2. The van der Waals surface area contributed by atoms with E-state index in [0.717, 1.165) is 12.8 Å². The van der Waals surface area contributed by atoms with Gasteiger partial charge in [0.2, 0.25) is 15.2 Å². The Kier molecular flexibility index (Phi) is 6.85. The number of urea groups is 1. The number of rotatable bonds is 6. The van der Waals surface area contributed by atoms with Crippen molar-refractivity contribution in [3.63, 3.8) is 0 Å². The molecule has 1 saturated heterocycles. The normalized spacial score (nSPS) is 20.6. The molecule has 224 valence electrons.